The maximum absolute atomic E-state index is 6.04. The molecule has 3 heterocycles. The SMILES string of the molecule is N[C@@H](Cc1cnc[nH]1)c1nc(-c2ncccc2Br)no1. The molecule has 0 unspecified atom stereocenters. The number of imidazole rings is 1. The van der Waals surface area contributed by atoms with Crippen LogP contribution in [0.3, 0.4) is 0 Å². The van der Waals surface area contributed by atoms with Crippen LogP contribution in [0.2, 0.25) is 0 Å². The summed E-state index contributed by atoms with van der Waals surface area (Å²) < 4.78 is 6.00. The monoisotopic (exact) mass is 334 g/mol. The Morgan fingerprint density at radius 1 is 1.45 bits per heavy atom. The summed E-state index contributed by atoms with van der Waals surface area (Å²) >= 11 is 3.40. The molecule has 0 aromatic carbocycles. The van der Waals surface area contributed by atoms with Crippen molar-refractivity contribution in [2.24, 2.45) is 5.73 Å². The van der Waals surface area contributed by atoms with Gasteiger partial charge in [-0.3, -0.25) is 4.98 Å². The zero-order chi connectivity index (χ0) is 13.9. The zero-order valence-corrected chi connectivity index (χ0v) is 11.9. The number of aromatic amines is 1. The second kappa shape index (κ2) is 5.51. The average molecular weight is 335 g/mol. The van der Waals surface area contributed by atoms with Crippen LogP contribution < -0.4 is 5.73 Å². The van der Waals surface area contributed by atoms with Gasteiger partial charge in [0.2, 0.25) is 11.7 Å². The van der Waals surface area contributed by atoms with E-state index in [-0.39, 0.29) is 6.04 Å². The molecule has 3 aromatic heterocycles. The van der Waals surface area contributed by atoms with Crippen molar-refractivity contribution in [1.82, 2.24) is 25.1 Å². The van der Waals surface area contributed by atoms with Crippen molar-refractivity contribution < 1.29 is 4.52 Å². The van der Waals surface area contributed by atoms with E-state index in [0.717, 1.165) is 10.2 Å². The lowest BCUT2D eigenvalue weighted by Gasteiger charge is -2.03. The lowest BCUT2D eigenvalue weighted by atomic mass is 10.2. The van der Waals surface area contributed by atoms with Gasteiger partial charge in [0.05, 0.1) is 12.4 Å². The summed E-state index contributed by atoms with van der Waals surface area (Å²) in [7, 11) is 0. The zero-order valence-electron chi connectivity index (χ0n) is 10.3. The largest absolute Gasteiger partial charge is 0.348 e. The number of nitrogens with one attached hydrogen (secondary N) is 1. The number of halogens is 1. The number of H-pyrrole nitrogens is 1. The molecule has 0 aliphatic heterocycles. The average Bonchev–Trinajstić information content (AvgIpc) is 3.10. The van der Waals surface area contributed by atoms with Crippen LogP contribution in [0.4, 0.5) is 0 Å². The predicted octanol–water partition coefficient (Wildman–Crippen LogP) is 1.86. The highest BCUT2D eigenvalue weighted by Gasteiger charge is 2.18. The predicted molar refractivity (Wildman–Crippen MR) is 74.4 cm³/mol. The van der Waals surface area contributed by atoms with Gasteiger partial charge in [-0.25, -0.2) is 4.98 Å². The minimum absolute atomic E-state index is 0.368. The van der Waals surface area contributed by atoms with Gasteiger partial charge in [-0.2, -0.15) is 4.98 Å². The summed E-state index contributed by atoms with van der Waals surface area (Å²) in [5.41, 5.74) is 7.57. The third-order valence-corrected chi connectivity index (χ3v) is 3.36. The molecule has 3 rings (SSSR count). The van der Waals surface area contributed by atoms with Crippen molar-refractivity contribution in [2.75, 3.05) is 0 Å². The van der Waals surface area contributed by atoms with Gasteiger partial charge in [-0.1, -0.05) is 5.16 Å². The highest BCUT2D eigenvalue weighted by molar-refractivity contribution is 9.10. The van der Waals surface area contributed by atoms with Crippen LogP contribution in [0.25, 0.3) is 11.5 Å². The van der Waals surface area contributed by atoms with Crippen LogP contribution in [0.15, 0.2) is 39.8 Å². The van der Waals surface area contributed by atoms with Crippen LogP contribution in [0.5, 0.6) is 0 Å². The fourth-order valence-electron chi connectivity index (χ4n) is 1.75. The molecule has 0 saturated carbocycles. The summed E-state index contributed by atoms with van der Waals surface area (Å²) in [4.78, 5) is 15.4. The van der Waals surface area contributed by atoms with Gasteiger partial charge in [0.25, 0.3) is 0 Å². The van der Waals surface area contributed by atoms with E-state index in [9.17, 15) is 0 Å². The van der Waals surface area contributed by atoms with E-state index in [2.05, 4.69) is 41.0 Å². The Labute approximate surface area is 122 Å². The first-order valence-corrected chi connectivity index (χ1v) is 6.70. The molecule has 0 aliphatic rings. The topological polar surface area (TPSA) is 107 Å². The van der Waals surface area contributed by atoms with E-state index in [1.54, 1.807) is 18.7 Å². The third-order valence-electron chi connectivity index (χ3n) is 2.72. The Kier molecular flexibility index (Phi) is 3.57. The molecule has 102 valence electrons. The fourth-order valence-corrected chi connectivity index (χ4v) is 2.19. The lowest BCUT2D eigenvalue weighted by molar-refractivity contribution is 0.353. The molecule has 0 amide bonds. The van der Waals surface area contributed by atoms with E-state index >= 15 is 0 Å². The van der Waals surface area contributed by atoms with Crippen LogP contribution in [-0.4, -0.2) is 25.1 Å². The number of hydrogen-bond donors (Lipinski definition) is 2. The van der Waals surface area contributed by atoms with Crippen molar-refractivity contribution in [3.63, 3.8) is 0 Å². The van der Waals surface area contributed by atoms with E-state index in [1.165, 1.54) is 0 Å². The first-order valence-electron chi connectivity index (χ1n) is 5.91. The Morgan fingerprint density at radius 2 is 2.35 bits per heavy atom. The second-order valence-electron chi connectivity index (χ2n) is 4.18. The Bertz CT molecular complexity index is 696. The molecule has 3 aromatic rings. The molecular formula is C12H11BrN6O. The summed E-state index contributed by atoms with van der Waals surface area (Å²) in [6.07, 6.45) is 5.53. The molecule has 0 radical (unpaired) electrons. The number of aromatic nitrogens is 5. The molecule has 0 spiro atoms. The van der Waals surface area contributed by atoms with Gasteiger partial charge >= 0.3 is 0 Å². The first-order chi connectivity index (χ1) is 9.74. The minimum atomic E-state index is -0.390. The number of nitrogens with two attached hydrogens (primary N) is 1. The van der Waals surface area contributed by atoms with Crippen LogP contribution >= 0.6 is 15.9 Å². The Hall–Kier alpha value is -2.06. The summed E-state index contributed by atoms with van der Waals surface area (Å²) in [5, 5.41) is 3.91. The van der Waals surface area contributed by atoms with E-state index in [1.807, 2.05) is 12.1 Å². The van der Waals surface area contributed by atoms with Gasteiger partial charge in [0, 0.05) is 29.0 Å². The quantitative estimate of drug-likeness (QED) is 0.754. The summed E-state index contributed by atoms with van der Waals surface area (Å²) in [6, 6.07) is 3.29. The fraction of sp³-hybridized carbons (Fsp3) is 0.167. The van der Waals surface area contributed by atoms with E-state index in [4.69, 9.17) is 10.3 Å². The first kappa shape index (κ1) is 12.9. The number of pyridine rings is 1. The highest BCUT2D eigenvalue weighted by Crippen LogP contribution is 2.24. The van der Waals surface area contributed by atoms with Gasteiger partial charge in [-0.05, 0) is 28.1 Å². The number of rotatable bonds is 4. The van der Waals surface area contributed by atoms with Gasteiger partial charge in [0.1, 0.15) is 5.69 Å². The molecule has 0 bridgehead atoms. The van der Waals surface area contributed by atoms with Gasteiger partial charge in [0.15, 0.2) is 0 Å². The lowest BCUT2D eigenvalue weighted by Crippen LogP contribution is -2.14. The van der Waals surface area contributed by atoms with Gasteiger partial charge in [-0.15, -0.1) is 0 Å². The van der Waals surface area contributed by atoms with Crippen molar-refractivity contribution in [3.8, 4) is 11.5 Å². The molecule has 0 aliphatic carbocycles. The number of hydrogen-bond acceptors (Lipinski definition) is 6. The molecule has 7 nitrogen and oxygen atoms in total. The van der Waals surface area contributed by atoms with Crippen LogP contribution in [0, 0.1) is 0 Å². The standard InChI is InChI=1S/C12H11BrN6O/c13-8-2-1-3-16-10(8)11-18-12(20-19-11)9(14)4-7-5-15-6-17-7/h1-3,5-6,9H,4,14H2,(H,15,17)/t9-/m0/s1. The summed E-state index contributed by atoms with van der Waals surface area (Å²) in [6.45, 7) is 0. The highest BCUT2D eigenvalue weighted by atomic mass is 79.9. The molecule has 8 heteroatoms. The Morgan fingerprint density at radius 3 is 3.10 bits per heavy atom. The normalized spacial score (nSPS) is 12.5. The van der Waals surface area contributed by atoms with Gasteiger partial charge < -0.3 is 15.2 Å². The van der Waals surface area contributed by atoms with Crippen LogP contribution in [-0.2, 0) is 6.42 Å². The minimum Gasteiger partial charge on any atom is -0.348 e. The van der Waals surface area contributed by atoms with Crippen molar-refractivity contribution >= 4 is 15.9 Å². The summed E-state index contributed by atoms with van der Waals surface area (Å²) in [5.74, 6) is 0.777. The molecule has 20 heavy (non-hydrogen) atoms. The molecular weight excluding hydrogens is 324 g/mol. The smallest absolute Gasteiger partial charge is 0.244 e. The van der Waals surface area contributed by atoms with Crippen molar-refractivity contribution in [3.05, 3.63) is 46.9 Å². The molecule has 1 atom stereocenters. The van der Waals surface area contributed by atoms with Crippen LogP contribution in [0.1, 0.15) is 17.6 Å². The van der Waals surface area contributed by atoms with Crippen molar-refractivity contribution in [1.29, 1.82) is 0 Å². The van der Waals surface area contributed by atoms with E-state index in [0.29, 0.717) is 23.8 Å². The maximum Gasteiger partial charge on any atom is 0.244 e. The molecule has 0 saturated heterocycles. The number of nitrogens with zero attached hydrogens (tertiary/aromatic N) is 4. The molecule has 0 fully saturated rings. The third kappa shape index (κ3) is 2.61. The Balaban J connectivity index is 1.81. The van der Waals surface area contributed by atoms with E-state index < -0.39 is 0 Å². The van der Waals surface area contributed by atoms with Crippen molar-refractivity contribution in [2.45, 2.75) is 12.5 Å². The molecule has 3 N–H and O–H groups in total. The maximum atomic E-state index is 6.04. The second-order valence-corrected chi connectivity index (χ2v) is 5.03.